The number of nitrogens with one attached hydrogen (secondary N) is 1. The Kier molecular flexibility index (Phi) is 3.32. The van der Waals surface area contributed by atoms with E-state index < -0.39 is 0 Å². The average Bonchev–Trinajstić information content (AvgIpc) is 2.64. The Hall–Kier alpha value is -1.89. The van der Waals surface area contributed by atoms with Gasteiger partial charge in [-0.05, 0) is 20.9 Å². The number of fused-ring (bicyclic) bond motifs is 1. The molecule has 0 fully saturated rings. The quantitative estimate of drug-likeness (QED) is 0.829. The van der Waals surface area contributed by atoms with Crippen molar-refractivity contribution in [1.82, 2.24) is 24.0 Å². The minimum absolute atomic E-state index is 0.0564. The highest BCUT2D eigenvalue weighted by Crippen LogP contribution is 2.13. The van der Waals surface area contributed by atoms with Crippen LogP contribution in [0.3, 0.4) is 0 Å². The van der Waals surface area contributed by atoms with Crippen LogP contribution in [0.4, 0.5) is 0 Å². The molecule has 0 aliphatic rings. The van der Waals surface area contributed by atoms with Crippen molar-refractivity contribution in [2.24, 2.45) is 14.1 Å². The molecule has 0 bridgehead atoms. The number of rotatable bonds is 3. The van der Waals surface area contributed by atoms with E-state index in [2.05, 4.69) is 10.3 Å². The second kappa shape index (κ2) is 4.65. The third-order valence-electron chi connectivity index (χ3n) is 3.25. The van der Waals surface area contributed by atoms with E-state index in [0.29, 0.717) is 17.7 Å². The fraction of sp³-hybridized carbons (Fsp3) is 0.583. The van der Waals surface area contributed by atoms with E-state index in [-0.39, 0.29) is 17.3 Å². The maximum absolute atomic E-state index is 12.2. The highest BCUT2D eigenvalue weighted by atomic mass is 16.2. The fourth-order valence-corrected chi connectivity index (χ4v) is 2.22. The van der Waals surface area contributed by atoms with Gasteiger partial charge in [0.1, 0.15) is 5.82 Å². The van der Waals surface area contributed by atoms with E-state index >= 15 is 0 Å². The number of nitrogens with zero attached hydrogens (tertiary/aromatic N) is 4. The summed E-state index contributed by atoms with van der Waals surface area (Å²) in [5, 5.41) is 3.00. The van der Waals surface area contributed by atoms with Crippen molar-refractivity contribution in [2.75, 3.05) is 7.05 Å². The van der Waals surface area contributed by atoms with Crippen LogP contribution < -0.4 is 16.6 Å². The molecule has 0 aliphatic carbocycles. The maximum Gasteiger partial charge on any atom is 0.332 e. The smallest absolute Gasteiger partial charge is 0.324 e. The molecule has 0 amide bonds. The molecule has 0 saturated heterocycles. The molecule has 0 aromatic carbocycles. The summed E-state index contributed by atoms with van der Waals surface area (Å²) < 4.78 is 4.43. The Morgan fingerprint density at radius 3 is 2.37 bits per heavy atom. The van der Waals surface area contributed by atoms with Crippen LogP contribution in [0.1, 0.15) is 25.7 Å². The van der Waals surface area contributed by atoms with E-state index in [0.717, 1.165) is 10.4 Å². The molecule has 2 aromatic heterocycles. The molecule has 0 aliphatic heterocycles. The molecule has 2 aromatic rings. The van der Waals surface area contributed by atoms with E-state index in [4.69, 9.17) is 0 Å². The van der Waals surface area contributed by atoms with Gasteiger partial charge in [0.15, 0.2) is 11.2 Å². The summed E-state index contributed by atoms with van der Waals surface area (Å²) >= 11 is 0. The van der Waals surface area contributed by atoms with Crippen LogP contribution in [-0.2, 0) is 20.6 Å². The van der Waals surface area contributed by atoms with Gasteiger partial charge in [0.2, 0.25) is 0 Å². The first-order valence-corrected chi connectivity index (χ1v) is 6.21. The molecule has 7 nitrogen and oxygen atoms in total. The molecule has 0 unspecified atom stereocenters. The normalized spacial score (nSPS) is 11.7. The molecule has 2 heterocycles. The molecule has 0 spiro atoms. The molecule has 104 valence electrons. The van der Waals surface area contributed by atoms with Gasteiger partial charge in [-0.15, -0.1) is 0 Å². The second-order valence-electron chi connectivity index (χ2n) is 4.90. The zero-order chi connectivity index (χ0) is 14.3. The first-order valence-electron chi connectivity index (χ1n) is 6.21. The van der Waals surface area contributed by atoms with Gasteiger partial charge in [0, 0.05) is 20.1 Å². The lowest BCUT2D eigenvalue weighted by atomic mass is 10.3. The Morgan fingerprint density at radius 2 is 1.84 bits per heavy atom. The van der Waals surface area contributed by atoms with Crippen molar-refractivity contribution in [3.63, 3.8) is 0 Å². The number of aromatic nitrogens is 4. The molecule has 0 saturated carbocycles. The van der Waals surface area contributed by atoms with Crippen molar-refractivity contribution < 1.29 is 0 Å². The van der Waals surface area contributed by atoms with Crippen LogP contribution in [0.25, 0.3) is 11.2 Å². The van der Waals surface area contributed by atoms with E-state index in [1.807, 2.05) is 20.9 Å². The fourth-order valence-electron chi connectivity index (χ4n) is 2.22. The predicted molar refractivity (Wildman–Crippen MR) is 73.4 cm³/mol. The molecule has 0 radical (unpaired) electrons. The van der Waals surface area contributed by atoms with E-state index in [1.54, 1.807) is 16.2 Å². The summed E-state index contributed by atoms with van der Waals surface area (Å²) in [6.45, 7) is 4.34. The molecule has 7 heteroatoms. The maximum atomic E-state index is 12.2. The largest absolute Gasteiger partial charge is 0.332 e. The highest BCUT2D eigenvalue weighted by Gasteiger charge is 2.19. The lowest BCUT2D eigenvalue weighted by Gasteiger charge is -2.11. The summed E-state index contributed by atoms with van der Waals surface area (Å²) in [6, 6.07) is -0.0564. The number of imidazole rings is 1. The van der Waals surface area contributed by atoms with Gasteiger partial charge in [-0.2, -0.15) is 0 Å². The van der Waals surface area contributed by atoms with Gasteiger partial charge in [-0.3, -0.25) is 13.9 Å². The average molecular weight is 265 g/mol. The van der Waals surface area contributed by atoms with Gasteiger partial charge in [0.25, 0.3) is 5.56 Å². The number of hydrogen-bond acceptors (Lipinski definition) is 4. The van der Waals surface area contributed by atoms with Crippen LogP contribution in [0.2, 0.25) is 0 Å². The first-order chi connectivity index (χ1) is 8.90. The number of aryl methyl sites for hydroxylation is 1. The summed E-state index contributed by atoms with van der Waals surface area (Å²) in [5.74, 6) is 0.731. The first kappa shape index (κ1) is 13.5. The third kappa shape index (κ3) is 1.90. The van der Waals surface area contributed by atoms with Crippen molar-refractivity contribution in [3.05, 3.63) is 26.7 Å². The lowest BCUT2D eigenvalue weighted by molar-refractivity contribution is 0.551. The molecule has 0 atom stereocenters. The molecule has 2 rings (SSSR count). The Morgan fingerprint density at radius 1 is 1.21 bits per heavy atom. The SMILES string of the molecule is CNCc1nc2c(c(=O)n(C)c(=O)n2C(C)C)n1C. The summed E-state index contributed by atoms with van der Waals surface area (Å²) in [5.41, 5.74) is 0.271. The molecule has 19 heavy (non-hydrogen) atoms. The van der Waals surface area contributed by atoms with E-state index in [1.165, 1.54) is 7.05 Å². The van der Waals surface area contributed by atoms with Gasteiger partial charge < -0.3 is 9.88 Å². The summed E-state index contributed by atoms with van der Waals surface area (Å²) in [4.78, 5) is 28.9. The van der Waals surface area contributed by atoms with Crippen molar-refractivity contribution >= 4 is 11.2 Å². The van der Waals surface area contributed by atoms with Crippen LogP contribution in [0, 0.1) is 0 Å². The number of hydrogen-bond donors (Lipinski definition) is 1. The van der Waals surface area contributed by atoms with Crippen LogP contribution >= 0.6 is 0 Å². The van der Waals surface area contributed by atoms with Crippen LogP contribution in [-0.4, -0.2) is 25.7 Å². The zero-order valence-electron chi connectivity index (χ0n) is 11.9. The minimum Gasteiger partial charge on any atom is -0.324 e. The minimum atomic E-state index is -0.332. The van der Waals surface area contributed by atoms with Gasteiger partial charge in [0.05, 0.1) is 6.54 Å². The van der Waals surface area contributed by atoms with Crippen LogP contribution in [0.15, 0.2) is 9.59 Å². The predicted octanol–water partition coefficient (Wildman–Crippen LogP) is -0.266. The second-order valence-corrected chi connectivity index (χ2v) is 4.90. The van der Waals surface area contributed by atoms with E-state index in [9.17, 15) is 9.59 Å². The monoisotopic (exact) mass is 265 g/mol. The molecule has 1 N–H and O–H groups in total. The Bertz CT molecular complexity index is 735. The van der Waals surface area contributed by atoms with Gasteiger partial charge in [-0.25, -0.2) is 9.78 Å². The Balaban J connectivity index is 3.00. The summed E-state index contributed by atoms with van der Waals surface area (Å²) in [6.07, 6.45) is 0. The van der Waals surface area contributed by atoms with Crippen molar-refractivity contribution in [2.45, 2.75) is 26.4 Å². The topological polar surface area (TPSA) is 73.8 Å². The molecular formula is C12H19N5O2. The third-order valence-corrected chi connectivity index (χ3v) is 3.25. The standard InChI is InChI=1S/C12H19N5O2/c1-7(2)17-10-9(11(18)16(5)12(17)19)15(4)8(14-10)6-13-3/h7,13H,6H2,1-5H3. The molecular weight excluding hydrogens is 246 g/mol. The lowest BCUT2D eigenvalue weighted by Crippen LogP contribution is -2.39. The van der Waals surface area contributed by atoms with Gasteiger partial charge in [-0.1, -0.05) is 0 Å². The van der Waals surface area contributed by atoms with Crippen LogP contribution in [0.5, 0.6) is 0 Å². The summed E-state index contributed by atoms with van der Waals surface area (Å²) in [7, 11) is 5.10. The zero-order valence-corrected chi connectivity index (χ0v) is 11.9. The van der Waals surface area contributed by atoms with Crippen molar-refractivity contribution in [3.8, 4) is 0 Å². The van der Waals surface area contributed by atoms with Gasteiger partial charge >= 0.3 is 5.69 Å². The highest BCUT2D eigenvalue weighted by molar-refractivity contribution is 5.71. The van der Waals surface area contributed by atoms with Crippen molar-refractivity contribution in [1.29, 1.82) is 0 Å². The Labute approximate surface area is 110 Å².